The van der Waals surface area contributed by atoms with Gasteiger partial charge in [0.15, 0.2) is 0 Å². The first-order chi connectivity index (χ1) is 8.30. The number of benzene rings is 1. The second-order valence-corrected chi connectivity index (χ2v) is 3.14. The van der Waals surface area contributed by atoms with Gasteiger partial charge in [0.2, 0.25) is 0 Å². The van der Waals surface area contributed by atoms with Gasteiger partial charge in [0.25, 0.3) is 0 Å². The maximum Gasteiger partial charge on any atom is 0.0992 e. The molecule has 0 saturated carbocycles. The number of hydrogen-bond acceptors (Lipinski definition) is 2. The van der Waals surface area contributed by atoms with Crippen LogP contribution in [0.15, 0.2) is 53.7 Å². The zero-order chi connectivity index (χ0) is 12.5. The van der Waals surface area contributed by atoms with Gasteiger partial charge < -0.3 is 0 Å². The second kappa shape index (κ2) is 6.82. The molecule has 17 heavy (non-hydrogen) atoms. The van der Waals surface area contributed by atoms with Crippen molar-refractivity contribution in [3.63, 3.8) is 0 Å². The summed E-state index contributed by atoms with van der Waals surface area (Å²) in [6, 6.07) is 9.24. The van der Waals surface area contributed by atoms with E-state index in [0.717, 1.165) is 11.1 Å². The first-order valence-corrected chi connectivity index (χ1v) is 5.12. The van der Waals surface area contributed by atoms with E-state index < -0.39 is 0 Å². The highest BCUT2D eigenvalue weighted by Gasteiger charge is 1.90. The van der Waals surface area contributed by atoms with Crippen molar-refractivity contribution < 1.29 is 0 Å². The quantitative estimate of drug-likeness (QED) is 0.428. The zero-order valence-electron chi connectivity index (χ0n) is 9.64. The molecule has 0 heterocycles. The van der Waals surface area contributed by atoms with E-state index in [-0.39, 0.29) is 0 Å². The van der Waals surface area contributed by atoms with Crippen molar-refractivity contribution in [3.8, 4) is 17.9 Å². The smallest absolute Gasteiger partial charge is 0.0992 e. The maximum absolute atomic E-state index is 8.76. The van der Waals surface area contributed by atoms with E-state index in [1.165, 1.54) is 0 Å². The number of hydrogen-bond donors (Lipinski definition) is 0. The summed E-state index contributed by atoms with van der Waals surface area (Å²) in [5.74, 6) is 5.91. The minimum atomic E-state index is 0.604. The Morgan fingerprint density at radius 2 is 2.18 bits per heavy atom. The summed E-state index contributed by atoms with van der Waals surface area (Å²) in [4.78, 5) is 3.98. The molecule has 1 aromatic carbocycles. The highest BCUT2D eigenvalue weighted by atomic mass is 14.7. The normalized spacial score (nSPS) is 10.5. The van der Waals surface area contributed by atoms with Crippen LogP contribution in [-0.4, -0.2) is 6.21 Å². The summed E-state index contributed by atoms with van der Waals surface area (Å²) in [7, 11) is 0. The maximum atomic E-state index is 8.76. The van der Waals surface area contributed by atoms with E-state index in [1.807, 2.05) is 19.1 Å². The van der Waals surface area contributed by atoms with Gasteiger partial charge in [-0.3, -0.25) is 4.99 Å². The number of nitrogens with zero attached hydrogens (tertiary/aromatic N) is 2. The Balaban J connectivity index is 2.98. The minimum Gasteiger partial charge on any atom is -0.268 e. The molecule has 0 unspecified atom stereocenters. The molecule has 0 spiro atoms. The van der Waals surface area contributed by atoms with Gasteiger partial charge in [-0.15, -0.1) is 0 Å². The van der Waals surface area contributed by atoms with Crippen LogP contribution in [0.3, 0.4) is 0 Å². The molecule has 1 aromatic rings. The lowest BCUT2D eigenvalue weighted by molar-refractivity contribution is 1.48. The number of allylic oxidation sites excluding steroid dienone is 2. The van der Waals surface area contributed by atoms with E-state index in [4.69, 9.17) is 5.26 Å². The first-order valence-electron chi connectivity index (χ1n) is 5.12. The number of aliphatic imine (C=N–C) groups is 1. The lowest BCUT2D eigenvalue weighted by Crippen LogP contribution is -1.78. The molecule has 0 bridgehead atoms. The molecule has 0 radical (unpaired) electrons. The van der Waals surface area contributed by atoms with Crippen LogP contribution in [0.4, 0.5) is 0 Å². The van der Waals surface area contributed by atoms with Crippen molar-refractivity contribution >= 4 is 6.21 Å². The molecule has 0 fully saturated rings. The lowest BCUT2D eigenvalue weighted by Gasteiger charge is -1.90. The lowest BCUT2D eigenvalue weighted by atomic mass is 10.1. The van der Waals surface area contributed by atoms with Crippen molar-refractivity contribution in [2.75, 3.05) is 0 Å². The van der Waals surface area contributed by atoms with Gasteiger partial charge in [0.05, 0.1) is 11.6 Å². The predicted octanol–water partition coefficient (Wildman–Crippen LogP) is 3.07. The molecule has 0 amide bonds. The molecule has 2 heteroatoms. The van der Waals surface area contributed by atoms with Crippen LogP contribution in [0.25, 0.3) is 0 Å². The van der Waals surface area contributed by atoms with Gasteiger partial charge in [-0.2, -0.15) is 5.26 Å². The second-order valence-electron chi connectivity index (χ2n) is 3.14. The fourth-order valence-corrected chi connectivity index (χ4v) is 1.10. The van der Waals surface area contributed by atoms with Crippen LogP contribution in [0.1, 0.15) is 18.1 Å². The highest BCUT2D eigenvalue weighted by Crippen LogP contribution is 2.03. The monoisotopic (exact) mass is 220 g/mol. The zero-order valence-corrected chi connectivity index (χ0v) is 9.64. The largest absolute Gasteiger partial charge is 0.268 e. The number of rotatable bonds is 2. The Morgan fingerprint density at radius 1 is 1.41 bits per heavy atom. The molecule has 0 aromatic heterocycles. The van der Waals surface area contributed by atoms with E-state index in [9.17, 15) is 0 Å². The summed E-state index contributed by atoms with van der Waals surface area (Å²) in [6.45, 7) is 5.50. The third-order valence-electron chi connectivity index (χ3n) is 1.93. The number of nitriles is 1. The summed E-state index contributed by atoms with van der Waals surface area (Å²) in [5, 5.41) is 8.76. The fourth-order valence-electron chi connectivity index (χ4n) is 1.10. The van der Waals surface area contributed by atoms with Crippen molar-refractivity contribution in [1.82, 2.24) is 0 Å². The predicted molar refractivity (Wildman–Crippen MR) is 70.5 cm³/mol. The van der Waals surface area contributed by atoms with E-state index in [2.05, 4.69) is 29.5 Å². The summed E-state index contributed by atoms with van der Waals surface area (Å²) >= 11 is 0. The van der Waals surface area contributed by atoms with Crippen LogP contribution >= 0.6 is 0 Å². The van der Waals surface area contributed by atoms with Crippen molar-refractivity contribution in [2.45, 2.75) is 6.92 Å². The van der Waals surface area contributed by atoms with Crippen molar-refractivity contribution in [2.24, 2.45) is 4.99 Å². The SMILES string of the molecule is C=C/C(C#Cc1cccc(C#N)c1)=C\N=C/C. The minimum absolute atomic E-state index is 0.604. The molecule has 0 aliphatic rings. The van der Waals surface area contributed by atoms with Crippen LogP contribution < -0.4 is 0 Å². The summed E-state index contributed by atoms with van der Waals surface area (Å²) in [5.41, 5.74) is 2.15. The Hall–Kier alpha value is -2.58. The van der Waals surface area contributed by atoms with Gasteiger partial charge in [-0.25, -0.2) is 0 Å². The molecule has 0 aliphatic carbocycles. The summed E-state index contributed by atoms with van der Waals surface area (Å²) < 4.78 is 0. The van der Waals surface area contributed by atoms with Gasteiger partial charge in [-0.05, 0) is 25.1 Å². The van der Waals surface area contributed by atoms with Gasteiger partial charge in [0, 0.05) is 23.6 Å². The van der Waals surface area contributed by atoms with Gasteiger partial charge >= 0.3 is 0 Å². The fraction of sp³-hybridized carbons (Fsp3) is 0.0667. The Kier molecular flexibility index (Phi) is 5.01. The molecule has 82 valence electrons. The average molecular weight is 220 g/mol. The Bertz CT molecular complexity index is 561. The Morgan fingerprint density at radius 3 is 2.82 bits per heavy atom. The third kappa shape index (κ3) is 4.20. The van der Waals surface area contributed by atoms with E-state index in [1.54, 1.807) is 30.6 Å². The third-order valence-corrected chi connectivity index (χ3v) is 1.93. The molecule has 0 atom stereocenters. The molecule has 0 N–H and O–H groups in total. The van der Waals surface area contributed by atoms with Crippen LogP contribution in [0.5, 0.6) is 0 Å². The van der Waals surface area contributed by atoms with Crippen LogP contribution in [0.2, 0.25) is 0 Å². The van der Waals surface area contributed by atoms with Crippen LogP contribution in [0, 0.1) is 23.2 Å². The molecule has 2 nitrogen and oxygen atoms in total. The molecular weight excluding hydrogens is 208 g/mol. The van der Waals surface area contributed by atoms with Crippen molar-refractivity contribution in [3.05, 3.63) is 59.8 Å². The van der Waals surface area contributed by atoms with Gasteiger partial charge in [0.1, 0.15) is 0 Å². The van der Waals surface area contributed by atoms with Crippen molar-refractivity contribution in [1.29, 1.82) is 5.26 Å². The molecule has 0 saturated heterocycles. The first kappa shape index (κ1) is 12.5. The summed E-state index contributed by atoms with van der Waals surface area (Å²) in [6.07, 6.45) is 4.98. The molecule has 1 rings (SSSR count). The average Bonchev–Trinajstić information content (AvgIpc) is 2.39. The van der Waals surface area contributed by atoms with E-state index in [0.29, 0.717) is 5.56 Å². The standard InChI is InChI=1S/C15H12N2/c1-3-13(12-17-4-2)8-9-14-6-5-7-15(10-14)11-16/h3-7,10,12H,1H2,2H3/b13-12+,17-4-. The highest BCUT2D eigenvalue weighted by molar-refractivity contribution is 5.55. The molecular formula is C15H12N2. The van der Waals surface area contributed by atoms with E-state index >= 15 is 0 Å². The topological polar surface area (TPSA) is 36.1 Å². The Labute approximate surface area is 102 Å². The van der Waals surface area contributed by atoms with Crippen LogP contribution in [-0.2, 0) is 0 Å². The molecule has 0 aliphatic heterocycles. The van der Waals surface area contributed by atoms with Gasteiger partial charge in [-0.1, -0.05) is 30.6 Å².